The highest BCUT2D eigenvalue weighted by Gasteiger charge is 2.33. The standard InChI is InChI=1S/C19H20ClNO5S/c1-25-8-9-27(23,24)15-5-2-12(3-6-15)19(22)26-17-11-13-10-14(20)4-7-16(13)18(17)21/h2-7,10,17-18H,8-9,11,21H2,1H3/t17?,18-/m0/s1. The van der Waals surface area contributed by atoms with Crippen LogP contribution in [0.5, 0.6) is 0 Å². The Balaban J connectivity index is 1.69. The molecule has 0 aliphatic heterocycles. The lowest BCUT2D eigenvalue weighted by Gasteiger charge is -2.17. The Bertz CT molecular complexity index is 943. The topological polar surface area (TPSA) is 95.7 Å². The zero-order chi connectivity index (χ0) is 19.6. The molecule has 0 saturated heterocycles. The molecule has 6 nitrogen and oxygen atoms in total. The minimum Gasteiger partial charge on any atom is -0.456 e. The molecule has 0 spiro atoms. The average molecular weight is 410 g/mol. The number of esters is 1. The zero-order valence-corrected chi connectivity index (χ0v) is 16.3. The second-order valence-electron chi connectivity index (χ2n) is 6.35. The highest BCUT2D eigenvalue weighted by Crippen LogP contribution is 2.33. The molecule has 2 aromatic carbocycles. The number of carbonyl (C=O) groups excluding carboxylic acids is 1. The van der Waals surface area contributed by atoms with Crippen LogP contribution in [0.1, 0.15) is 27.5 Å². The van der Waals surface area contributed by atoms with Gasteiger partial charge in [-0.25, -0.2) is 13.2 Å². The molecule has 2 N–H and O–H groups in total. The maximum absolute atomic E-state index is 12.4. The van der Waals surface area contributed by atoms with Crippen LogP contribution in [-0.4, -0.2) is 40.0 Å². The van der Waals surface area contributed by atoms with Crippen molar-refractivity contribution in [2.45, 2.75) is 23.5 Å². The van der Waals surface area contributed by atoms with Crippen molar-refractivity contribution in [3.63, 3.8) is 0 Å². The molecule has 0 saturated carbocycles. The molecule has 1 unspecified atom stereocenters. The number of hydrogen-bond donors (Lipinski definition) is 1. The summed E-state index contributed by atoms with van der Waals surface area (Å²) in [5.41, 5.74) is 8.33. The Hall–Kier alpha value is -1.93. The molecule has 2 atom stereocenters. The van der Waals surface area contributed by atoms with E-state index in [1.807, 2.05) is 12.1 Å². The van der Waals surface area contributed by atoms with Crippen LogP contribution in [0.2, 0.25) is 5.02 Å². The quantitative estimate of drug-likeness (QED) is 0.736. The number of hydrogen-bond acceptors (Lipinski definition) is 6. The Morgan fingerprint density at radius 3 is 2.59 bits per heavy atom. The van der Waals surface area contributed by atoms with Gasteiger partial charge in [-0.1, -0.05) is 17.7 Å². The average Bonchev–Trinajstić information content (AvgIpc) is 2.95. The van der Waals surface area contributed by atoms with Crippen molar-refractivity contribution >= 4 is 27.4 Å². The lowest BCUT2D eigenvalue weighted by molar-refractivity contribution is 0.0268. The summed E-state index contributed by atoms with van der Waals surface area (Å²) < 4.78 is 34.6. The molecule has 144 valence electrons. The van der Waals surface area contributed by atoms with Crippen molar-refractivity contribution in [1.82, 2.24) is 0 Å². The van der Waals surface area contributed by atoms with Gasteiger partial charge in [-0.15, -0.1) is 0 Å². The summed E-state index contributed by atoms with van der Waals surface area (Å²) in [6.07, 6.45) is 0.00260. The van der Waals surface area contributed by atoms with Gasteiger partial charge in [0.25, 0.3) is 0 Å². The number of sulfone groups is 1. The monoisotopic (exact) mass is 409 g/mol. The Morgan fingerprint density at radius 2 is 1.93 bits per heavy atom. The van der Waals surface area contributed by atoms with Crippen LogP contribution in [0, 0.1) is 0 Å². The van der Waals surface area contributed by atoms with Crippen LogP contribution in [0.15, 0.2) is 47.4 Å². The molecular weight excluding hydrogens is 390 g/mol. The van der Waals surface area contributed by atoms with Crippen molar-refractivity contribution in [2.75, 3.05) is 19.5 Å². The predicted octanol–water partition coefficient (Wildman–Crippen LogP) is 2.54. The molecule has 1 aliphatic rings. The van der Waals surface area contributed by atoms with Gasteiger partial charge in [0, 0.05) is 18.6 Å². The molecule has 0 amide bonds. The fourth-order valence-electron chi connectivity index (χ4n) is 3.05. The van der Waals surface area contributed by atoms with Crippen molar-refractivity contribution < 1.29 is 22.7 Å². The normalized spacial score (nSPS) is 18.9. The fourth-order valence-corrected chi connectivity index (χ4v) is 4.42. The number of methoxy groups -OCH3 is 1. The summed E-state index contributed by atoms with van der Waals surface area (Å²) >= 11 is 6.00. The molecule has 2 aromatic rings. The smallest absolute Gasteiger partial charge is 0.338 e. The van der Waals surface area contributed by atoms with Crippen LogP contribution >= 0.6 is 11.6 Å². The van der Waals surface area contributed by atoms with Gasteiger partial charge >= 0.3 is 5.97 Å². The first kappa shape index (κ1) is 19.8. The van der Waals surface area contributed by atoms with E-state index in [1.165, 1.54) is 31.4 Å². The second-order valence-corrected chi connectivity index (χ2v) is 8.90. The van der Waals surface area contributed by atoms with E-state index in [9.17, 15) is 13.2 Å². The van der Waals surface area contributed by atoms with Gasteiger partial charge in [-0.3, -0.25) is 0 Å². The van der Waals surface area contributed by atoms with Crippen LogP contribution in [0.25, 0.3) is 0 Å². The van der Waals surface area contributed by atoms with Crippen LogP contribution in [-0.2, 0) is 25.7 Å². The molecule has 3 rings (SSSR count). The van der Waals surface area contributed by atoms with E-state index in [-0.39, 0.29) is 22.8 Å². The summed E-state index contributed by atoms with van der Waals surface area (Å²) in [5, 5.41) is 0.609. The molecular formula is C19H20ClNO5S. The summed E-state index contributed by atoms with van der Waals surface area (Å²) in [6.45, 7) is 0.107. The summed E-state index contributed by atoms with van der Waals surface area (Å²) in [4.78, 5) is 12.6. The van der Waals surface area contributed by atoms with E-state index in [1.54, 1.807) is 6.07 Å². The third-order valence-corrected chi connectivity index (χ3v) is 6.48. The molecule has 0 heterocycles. The van der Waals surface area contributed by atoms with E-state index in [2.05, 4.69) is 0 Å². The van der Waals surface area contributed by atoms with Crippen LogP contribution in [0.4, 0.5) is 0 Å². The lowest BCUT2D eigenvalue weighted by Crippen LogP contribution is -2.27. The molecule has 27 heavy (non-hydrogen) atoms. The first-order valence-corrected chi connectivity index (χ1v) is 10.4. The molecule has 1 aliphatic carbocycles. The fraction of sp³-hybridized carbons (Fsp3) is 0.316. The number of ether oxygens (including phenoxy) is 2. The van der Waals surface area contributed by atoms with Gasteiger partial charge in [-0.2, -0.15) is 0 Å². The number of fused-ring (bicyclic) bond motifs is 1. The van der Waals surface area contributed by atoms with Crippen molar-refractivity contribution in [3.8, 4) is 0 Å². The highest BCUT2D eigenvalue weighted by atomic mass is 35.5. The third kappa shape index (κ3) is 4.32. The summed E-state index contributed by atoms with van der Waals surface area (Å²) in [5.74, 6) is -0.666. The molecule has 0 bridgehead atoms. The number of benzene rings is 2. The minimum atomic E-state index is -3.45. The number of carbonyl (C=O) groups is 1. The first-order valence-electron chi connectivity index (χ1n) is 8.38. The summed E-state index contributed by atoms with van der Waals surface area (Å²) in [7, 11) is -2.01. The molecule has 0 fully saturated rings. The van der Waals surface area contributed by atoms with E-state index < -0.39 is 28.0 Å². The number of nitrogens with two attached hydrogens (primary N) is 1. The number of rotatable bonds is 6. The third-order valence-electron chi connectivity index (χ3n) is 4.55. The lowest BCUT2D eigenvalue weighted by atomic mass is 10.1. The van der Waals surface area contributed by atoms with Crippen molar-refractivity contribution in [2.24, 2.45) is 5.73 Å². The highest BCUT2D eigenvalue weighted by molar-refractivity contribution is 7.91. The Morgan fingerprint density at radius 1 is 1.22 bits per heavy atom. The second kappa shape index (κ2) is 7.98. The largest absolute Gasteiger partial charge is 0.456 e. The minimum absolute atomic E-state index is 0.107. The van der Waals surface area contributed by atoms with Gasteiger partial charge in [0.05, 0.1) is 28.9 Å². The molecule has 8 heteroatoms. The molecule has 0 radical (unpaired) electrons. The van der Waals surface area contributed by atoms with Gasteiger partial charge in [-0.05, 0) is 47.5 Å². The SMILES string of the molecule is COCCS(=O)(=O)c1ccc(C(=O)OC2Cc3cc(Cl)ccc3[C@@H]2N)cc1. The number of halogens is 1. The first-order chi connectivity index (χ1) is 12.8. The van der Waals surface area contributed by atoms with Crippen LogP contribution < -0.4 is 5.73 Å². The summed E-state index contributed by atoms with van der Waals surface area (Å²) in [6, 6.07) is 10.7. The van der Waals surface area contributed by atoms with E-state index in [4.69, 9.17) is 26.8 Å². The maximum atomic E-state index is 12.4. The van der Waals surface area contributed by atoms with E-state index in [0.717, 1.165) is 11.1 Å². The van der Waals surface area contributed by atoms with Crippen LogP contribution in [0.3, 0.4) is 0 Å². The van der Waals surface area contributed by atoms with Gasteiger partial charge in [0.2, 0.25) is 0 Å². The Kier molecular flexibility index (Phi) is 5.86. The van der Waals surface area contributed by atoms with Gasteiger partial charge in [0.1, 0.15) is 6.10 Å². The predicted molar refractivity (Wildman–Crippen MR) is 102 cm³/mol. The Labute approximate surface area is 163 Å². The zero-order valence-electron chi connectivity index (χ0n) is 14.7. The van der Waals surface area contributed by atoms with E-state index >= 15 is 0 Å². The van der Waals surface area contributed by atoms with E-state index in [0.29, 0.717) is 11.4 Å². The van der Waals surface area contributed by atoms with Gasteiger partial charge < -0.3 is 15.2 Å². The van der Waals surface area contributed by atoms with Crippen molar-refractivity contribution in [3.05, 3.63) is 64.2 Å². The van der Waals surface area contributed by atoms with Crippen molar-refractivity contribution in [1.29, 1.82) is 0 Å². The van der Waals surface area contributed by atoms with Gasteiger partial charge in [0.15, 0.2) is 9.84 Å². The molecule has 0 aromatic heterocycles. The maximum Gasteiger partial charge on any atom is 0.338 e.